The molecule has 0 aliphatic carbocycles. The third kappa shape index (κ3) is 6.23. The first-order valence-electron chi connectivity index (χ1n) is 10.9. The van der Waals surface area contributed by atoms with Gasteiger partial charge in [0.15, 0.2) is 5.69 Å². The molecule has 1 heterocycles. The molecule has 0 radical (unpaired) electrons. The van der Waals surface area contributed by atoms with Crippen LogP contribution in [0.4, 0.5) is 15.3 Å². The maximum absolute atomic E-state index is 12.5. The van der Waals surface area contributed by atoms with Crippen LogP contribution in [-0.2, 0) is 4.74 Å². The predicted molar refractivity (Wildman–Crippen MR) is 138 cm³/mol. The van der Waals surface area contributed by atoms with Gasteiger partial charge in [-0.3, -0.25) is 0 Å². The highest BCUT2D eigenvalue weighted by atomic mass is 35.5. The van der Waals surface area contributed by atoms with Crippen LogP contribution in [0, 0.1) is 0 Å². The van der Waals surface area contributed by atoms with Crippen LogP contribution in [0.15, 0.2) is 59.9 Å². The number of carboxylic acid groups (broad SMARTS) is 1. The number of aliphatic imine (C=N–C) groups is 1. The van der Waals surface area contributed by atoms with E-state index in [4.69, 9.17) is 32.7 Å². The number of carbonyl (C=O) groups is 3. The van der Waals surface area contributed by atoms with Gasteiger partial charge in [-0.25, -0.2) is 14.6 Å². The Morgan fingerprint density at radius 2 is 1.67 bits per heavy atom. The van der Waals surface area contributed by atoms with Crippen molar-refractivity contribution in [3.05, 3.63) is 70.5 Å². The van der Waals surface area contributed by atoms with Crippen molar-refractivity contribution in [2.24, 2.45) is 4.99 Å². The van der Waals surface area contributed by atoms with Gasteiger partial charge in [0.05, 0.1) is 18.2 Å². The van der Waals surface area contributed by atoms with E-state index in [1.165, 1.54) is 59.8 Å². The number of amidine groups is 1. The fourth-order valence-electron chi connectivity index (χ4n) is 3.44. The standard InChI is InChI=1S/C25H25Cl2N3O6/c1-25(2,3)36-23(32)29(4)11-9-21-28-10-12-30(21,24(33)34)19-5-7-20(8-6-19)35-22(31)16-13-17(26)15-18(27)14-16/h5-8,10,12-15H,9,11H2,1-4H3/p+1. The lowest BCUT2D eigenvalue weighted by Gasteiger charge is -2.28. The van der Waals surface area contributed by atoms with Crippen molar-refractivity contribution in [2.75, 3.05) is 13.6 Å². The van der Waals surface area contributed by atoms with E-state index < -0.39 is 28.2 Å². The summed E-state index contributed by atoms with van der Waals surface area (Å²) >= 11 is 11.9. The van der Waals surface area contributed by atoms with Gasteiger partial charge < -0.3 is 19.5 Å². The lowest BCUT2D eigenvalue weighted by molar-refractivity contribution is 0.0302. The Kier molecular flexibility index (Phi) is 8.08. The van der Waals surface area contributed by atoms with E-state index >= 15 is 0 Å². The zero-order valence-corrected chi connectivity index (χ0v) is 21.7. The molecular weight excluding hydrogens is 509 g/mol. The molecule has 0 spiro atoms. The number of benzene rings is 2. The molecule has 1 N–H and O–H groups in total. The molecule has 9 nitrogen and oxygen atoms in total. The summed E-state index contributed by atoms with van der Waals surface area (Å²) < 4.78 is 10.0. The average molecular weight is 535 g/mol. The number of nitrogens with zero attached hydrogens (tertiary/aromatic N) is 3. The first kappa shape index (κ1) is 27.2. The fourth-order valence-corrected chi connectivity index (χ4v) is 3.97. The summed E-state index contributed by atoms with van der Waals surface area (Å²) in [6, 6.07) is 10.4. The highest BCUT2D eigenvalue weighted by Gasteiger charge is 2.46. The Morgan fingerprint density at radius 1 is 1.06 bits per heavy atom. The Bertz CT molecular complexity index is 1220. The second-order valence-electron chi connectivity index (χ2n) is 9.04. The van der Waals surface area contributed by atoms with E-state index in [2.05, 4.69) is 4.99 Å². The summed E-state index contributed by atoms with van der Waals surface area (Å²) in [5.41, 5.74) is -0.111. The number of rotatable bonds is 6. The van der Waals surface area contributed by atoms with Crippen molar-refractivity contribution in [1.82, 2.24) is 9.38 Å². The maximum atomic E-state index is 12.5. The normalized spacial score (nSPS) is 16.9. The number of hydrogen-bond donors (Lipinski definition) is 1. The zero-order valence-electron chi connectivity index (χ0n) is 20.2. The molecule has 1 aliphatic heterocycles. The van der Waals surface area contributed by atoms with Crippen LogP contribution in [0.1, 0.15) is 37.6 Å². The minimum Gasteiger partial charge on any atom is -0.444 e. The summed E-state index contributed by atoms with van der Waals surface area (Å²) in [5, 5.41) is 10.7. The van der Waals surface area contributed by atoms with Crippen molar-refractivity contribution < 1.29 is 29.0 Å². The van der Waals surface area contributed by atoms with Crippen molar-refractivity contribution >= 4 is 52.9 Å². The van der Waals surface area contributed by atoms with Gasteiger partial charge in [0, 0.05) is 35.8 Å². The molecule has 3 rings (SSSR count). The molecule has 190 valence electrons. The van der Waals surface area contributed by atoms with E-state index in [-0.39, 0.29) is 24.3 Å². The smallest absolute Gasteiger partial charge is 0.444 e. The molecular formula is C25H26Cl2N3O6+. The van der Waals surface area contributed by atoms with Gasteiger partial charge in [-0.2, -0.15) is 4.79 Å². The molecule has 2 aromatic rings. The minimum absolute atomic E-state index is 0.177. The molecule has 1 unspecified atom stereocenters. The van der Waals surface area contributed by atoms with Crippen molar-refractivity contribution in [3.63, 3.8) is 0 Å². The maximum Gasteiger partial charge on any atom is 0.529 e. The van der Waals surface area contributed by atoms with Crippen molar-refractivity contribution in [1.29, 1.82) is 0 Å². The highest BCUT2D eigenvalue weighted by Crippen LogP contribution is 2.32. The van der Waals surface area contributed by atoms with Crippen LogP contribution >= 0.6 is 23.2 Å². The minimum atomic E-state index is -1.18. The van der Waals surface area contributed by atoms with Gasteiger partial charge in [-0.1, -0.05) is 23.2 Å². The number of hydrogen-bond acceptors (Lipinski definition) is 6. The molecule has 36 heavy (non-hydrogen) atoms. The van der Waals surface area contributed by atoms with Gasteiger partial charge in [0.1, 0.15) is 17.6 Å². The van der Waals surface area contributed by atoms with Gasteiger partial charge in [-0.15, -0.1) is 4.48 Å². The first-order valence-corrected chi connectivity index (χ1v) is 11.7. The molecule has 0 fully saturated rings. The number of quaternary nitrogens is 1. The highest BCUT2D eigenvalue weighted by molar-refractivity contribution is 6.35. The van der Waals surface area contributed by atoms with Crippen molar-refractivity contribution in [3.8, 4) is 5.75 Å². The van der Waals surface area contributed by atoms with Crippen LogP contribution in [0.2, 0.25) is 10.0 Å². The molecule has 2 amide bonds. The molecule has 11 heteroatoms. The Morgan fingerprint density at radius 3 is 2.22 bits per heavy atom. The number of halogens is 2. The van der Waals surface area contributed by atoms with E-state index in [0.717, 1.165) is 0 Å². The molecule has 2 aromatic carbocycles. The topological polar surface area (TPSA) is 106 Å². The van der Waals surface area contributed by atoms with Gasteiger partial charge >= 0.3 is 18.2 Å². The molecule has 0 aromatic heterocycles. The Balaban J connectivity index is 1.75. The van der Waals surface area contributed by atoms with Gasteiger partial charge in [0.2, 0.25) is 5.84 Å². The lowest BCUT2D eigenvalue weighted by atomic mass is 10.2. The summed E-state index contributed by atoms with van der Waals surface area (Å²) in [5.74, 6) is -0.159. The SMILES string of the molecule is CN(CCC1=NC=C[N+]1(C(=O)O)c1ccc(OC(=O)c2cc(Cl)cc(Cl)c2)cc1)C(=O)OC(C)(C)C. The van der Waals surface area contributed by atoms with E-state index in [0.29, 0.717) is 21.6 Å². The monoisotopic (exact) mass is 534 g/mol. The lowest BCUT2D eigenvalue weighted by Crippen LogP contribution is -2.52. The largest absolute Gasteiger partial charge is 0.529 e. The quantitative estimate of drug-likeness (QED) is 0.263. The van der Waals surface area contributed by atoms with Crippen LogP contribution < -0.4 is 9.22 Å². The number of amides is 2. The second kappa shape index (κ2) is 10.7. The zero-order chi connectivity index (χ0) is 26.7. The summed E-state index contributed by atoms with van der Waals surface area (Å²) in [4.78, 5) is 42.8. The van der Waals surface area contributed by atoms with Crippen molar-refractivity contribution in [2.45, 2.75) is 32.8 Å². The Labute approximate surface area is 218 Å². The van der Waals surface area contributed by atoms with Crippen LogP contribution in [0.5, 0.6) is 5.75 Å². The molecule has 1 atom stereocenters. The number of esters is 1. The van der Waals surface area contributed by atoms with E-state index in [9.17, 15) is 19.5 Å². The summed E-state index contributed by atoms with van der Waals surface area (Å²) in [6.45, 7) is 5.49. The number of carbonyl (C=O) groups excluding carboxylic acids is 2. The molecule has 0 saturated heterocycles. The van der Waals surface area contributed by atoms with Gasteiger partial charge in [-0.05, 0) is 51.1 Å². The predicted octanol–water partition coefficient (Wildman–Crippen LogP) is 6.34. The summed E-state index contributed by atoms with van der Waals surface area (Å²) in [7, 11) is 1.57. The molecule has 1 aliphatic rings. The second-order valence-corrected chi connectivity index (χ2v) is 9.92. The fraction of sp³-hybridized carbons (Fsp3) is 0.280. The average Bonchev–Trinajstić information content (AvgIpc) is 3.21. The molecule has 0 saturated carbocycles. The number of ether oxygens (including phenoxy) is 2. The van der Waals surface area contributed by atoms with Crippen LogP contribution in [-0.4, -0.2) is 53.2 Å². The van der Waals surface area contributed by atoms with E-state index in [1.54, 1.807) is 27.8 Å². The first-order chi connectivity index (χ1) is 16.8. The van der Waals surface area contributed by atoms with Crippen LogP contribution in [0.3, 0.4) is 0 Å². The Hall–Kier alpha value is -3.40. The third-order valence-electron chi connectivity index (χ3n) is 5.15. The van der Waals surface area contributed by atoms with Gasteiger partial charge in [0.25, 0.3) is 0 Å². The third-order valence-corrected chi connectivity index (χ3v) is 5.59. The summed E-state index contributed by atoms with van der Waals surface area (Å²) in [6.07, 6.45) is 1.32. The van der Waals surface area contributed by atoms with E-state index in [1.807, 2.05) is 0 Å². The van der Waals surface area contributed by atoms with Crippen LogP contribution in [0.25, 0.3) is 0 Å². The molecule has 0 bridgehead atoms.